The van der Waals surface area contributed by atoms with E-state index in [1.54, 1.807) is 0 Å². The van der Waals surface area contributed by atoms with Gasteiger partial charge in [0.15, 0.2) is 5.54 Å². The van der Waals surface area contributed by atoms with Crippen molar-refractivity contribution in [3.05, 3.63) is 35.9 Å². The predicted octanol–water partition coefficient (Wildman–Crippen LogP) is 3.86. The average Bonchev–Trinajstić information content (AvgIpc) is 2.47. The maximum atomic E-state index is 9.75. The first-order valence-corrected chi connectivity index (χ1v) is 7.86. The first kappa shape index (κ1) is 17.7. The smallest absolute Gasteiger partial charge is 0.156 e. The summed E-state index contributed by atoms with van der Waals surface area (Å²) in [6.07, 6.45) is 2.32. The molecule has 21 heavy (non-hydrogen) atoms. The van der Waals surface area contributed by atoms with Crippen molar-refractivity contribution >= 4 is 0 Å². The van der Waals surface area contributed by atoms with E-state index in [0.717, 1.165) is 18.4 Å². The molecule has 0 saturated heterocycles. The zero-order valence-electron chi connectivity index (χ0n) is 13.7. The number of nitrogens with zero attached hydrogens (tertiary/aromatic N) is 1. The van der Waals surface area contributed by atoms with Crippen LogP contribution in [0.3, 0.4) is 0 Å². The highest BCUT2D eigenvalue weighted by atomic mass is 16.5. The van der Waals surface area contributed by atoms with Crippen molar-refractivity contribution in [2.45, 2.75) is 52.1 Å². The molecule has 2 unspecified atom stereocenters. The summed E-state index contributed by atoms with van der Waals surface area (Å²) in [5, 5.41) is 13.1. The topological polar surface area (TPSA) is 45.0 Å². The van der Waals surface area contributed by atoms with Crippen molar-refractivity contribution in [3.63, 3.8) is 0 Å². The molecule has 1 aromatic rings. The Morgan fingerprint density at radius 1 is 1.24 bits per heavy atom. The Morgan fingerprint density at radius 3 is 2.43 bits per heavy atom. The fourth-order valence-corrected chi connectivity index (χ4v) is 2.54. The second kappa shape index (κ2) is 8.81. The monoisotopic (exact) mass is 288 g/mol. The van der Waals surface area contributed by atoms with E-state index in [1.807, 2.05) is 30.3 Å². The SMILES string of the molecule is CCCC(C)COCC(C#N)(NC(C)C)c1ccccc1. The largest absolute Gasteiger partial charge is 0.378 e. The molecule has 1 rings (SSSR count). The fourth-order valence-electron chi connectivity index (χ4n) is 2.54. The third-order valence-corrected chi connectivity index (χ3v) is 3.49. The van der Waals surface area contributed by atoms with Gasteiger partial charge in [-0.1, -0.05) is 50.6 Å². The summed E-state index contributed by atoms with van der Waals surface area (Å²) in [4.78, 5) is 0. The van der Waals surface area contributed by atoms with Crippen LogP contribution in [0.15, 0.2) is 30.3 Å². The van der Waals surface area contributed by atoms with E-state index >= 15 is 0 Å². The molecule has 0 aliphatic rings. The molecule has 0 heterocycles. The maximum absolute atomic E-state index is 9.75. The molecule has 2 atom stereocenters. The van der Waals surface area contributed by atoms with Crippen LogP contribution in [0.4, 0.5) is 0 Å². The summed E-state index contributed by atoms with van der Waals surface area (Å²) in [5.74, 6) is 0.529. The molecule has 0 radical (unpaired) electrons. The number of ether oxygens (including phenoxy) is 1. The van der Waals surface area contributed by atoms with Gasteiger partial charge in [-0.15, -0.1) is 0 Å². The standard InChI is InChI=1S/C18H28N2O/c1-5-9-16(4)12-21-14-18(13-19,20-15(2)3)17-10-7-6-8-11-17/h6-8,10-11,15-16,20H,5,9,12,14H2,1-4H3. The molecule has 0 aliphatic carbocycles. The summed E-state index contributed by atoms with van der Waals surface area (Å²) in [7, 11) is 0. The average molecular weight is 288 g/mol. The highest BCUT2D eigenvalue weighted by molar-refractivity contribution is 5.31. The van der Waals surface area contributed by atoms with Gasteiger partial charge in [0.25, 0.3) is 0 Å². The van der Waals surface area contributed by atoms with Crippen molar-refractivity contribution in [3.8, 4) is 6.07 Å². The van der Waals surface area contributed by atoms with Gasteiger partial charge in [-0.25, -0.2) is 0 Å². The number of nitriles is 1. The van der Waals surface area contributed by atoms with Gasteiger partial charge in [-0.2, -0.15) is 5.26 Å². The van der Waals surface area contributed by atoms with Crippen LogP contribution in [0.5, 0.6) is 0 Å². The highest BCUT2D eigenvalue weighted by Crippen LogP contribution is 2.22. The van der Waals surface area contributed by atoms with E-state index in [2.05, 4.69) is 39.1 Å². The van der Waals surface area contributed by atoms with E-state index in [-0.39, 0.29) is 6.04 Å². The van der Waals surface area contributed by atoms with E-state index in [4.69, 9.17) is 4.74 Å². The minimum atomic E-state index is -0.776. The fraction of sp³-hybridized carbons (Fsp3) is 0.611. The Morgan fingerprint density at radius 2 is 1.90 bits per heavy atom. The van der Waals surface area contributed by atoms with Crippen molar-refractivity contribution in [2.24, 2.45) is 5.92 Å². The van der Waals surface area contributed by atoms with Crippen molar-refractivity contribution in [1.82, 2.24) is 5.32 Å². The Balaban J connectivity index is 2.80. The summed E-state index contributed by atoms with van der Waals surface area (Å²) < 4.78 is 5.87. The van der Waals surface area contributed by atoms with Crippen LogP contribution in [-0.4, -0.2) is 19.3 Å². The van der Waals surface area contributed by atoms with Gasteiger partial charge in [0.05, 0.1) is 12.7 Å². The van der Waals surface area contributed by atoms with Crippen LogP contribution in [0, 0.1) is 17.2 Å². The first-order valence-electron chi connectivity index (χ1n) is 7.86. The molecule has 3 nitrogen and oxygen atoms in total. The van der Waals surface area contributed by atoms with Crippen LogP contribution in [-0.2, 0) is 10.3 Å². The number of rotatable bonds is 9. The van der Waals surface area contributed by atoms with Crippen LogP contribution in [0.1, 0.15) is 46.1 Å². The van der Waals surface area contributed by atoms with Gasteiger partial charge >= 0.3 is 0 Å². The highest BCUT2D eigenvalue weighted by Gasteiger charge is 2.33. The molecule has 0 aromatic heterocycles. The Kier molecular flexibility index (Phi) is 7.42. The number of benzene rings is 1. The predicted molar refractivity (Wildman–Crippen MR) is 86.9 cm³/mol. The van der Waals surface area contributed by atoms with E-state index in [0.29, 0.717) is 19.1 Å². The van der Waals surface area contributed by atoms with Crippen molar-refractivity contribution < 1.29 is 4.74 Å². The van der Waals surface area contributed by atoms with Crippen molar-refractivity contribution in [2.75, 3.05) is 13.2 Å². The maximum Gasteiger partial charge on any atom is 0.156 e. The summed E-state index contributed by atoms with van der Waals surface area (Å²) in [6, 6.07) is 12.5. The lowest BCUT2D eigenvalue weighted by Gasteiger charge is -2.31. The van der Waals surface area contributed by atoms with Gasteiger partial charge in [0.1, 0.15) is 0 Å². The summed E-state index contributed by atoms with van der Waals surface area (Å²) >= 11 is 0. The number of hydrogen-bond donors (Lipinski definition) is 1. The van der Waals surface area contributed by atoms with Crippen LogP contribution < -0.4 is 5.32 Å². The molecule has 0 spiro atoms. The third kappa shape index (κ3) is 5.49. The van der Waals surface area contributed by atoms with Crippen LogP contribution in [0.2, 0.25) is 0 Å². The second-order valence-electron chi connectivity index (χ2n) is 6.09. The zero-order valence-corrected chi connectivity index (χ0v) is 13.7. The molecule has 0 aliphatic heterocycles. The molecular formula is C18H28N2O. The minimum Gasteiger partial charge on any atom is -0.378 e. The minimum absolute atomic E-state index is 0.210. The Labute approximate surface area is 129 Å². The molecule has 0 bridgehead atoms. The normalized spacial score (nSPS) is 15.4. The van der Waals surface area contributed by atoms with Gasteiger partial charge in [0.2, 0.25) is 0 Å². The Hall–Kier alpha value is -1.37. The molecule has 116 valence electrons. The molecule has 1 aromatic carbocycles. The van der Waals surface area contributed by atoms with Gasteiger partial charge in [-0.05, 0) is 31.7 Å². The molecule has 1 N–H and O–H groups in total. The van der Waals surface area contributed by atoms with E-state index in [9.17, 15) is 5.26 Å². The zero-order chi connectivity index (χ0) is 15.7. The molecule has 0 fully saturated rings. The van der Waals surface area contributed by atoms with E-state index < -0.39 is 5.54 Å². The van der Waals surface area contributed by atoms with E-state index in [1.165, 1.54) is 0 Å². The van der Waals surface area contributed by atoms with Gasteiger partial charge in [-0.3, -0.25) is 5.32 Å². The van der Waals surface area contributed by atoms with Crippen LogP contribution in [0.25, 0.3) is 0 Å². The number of nitrogens with one attached hydrogen (secondary N) is 1. The van der Waals surface area contributed by atoms with Gasteiger partial charge in [0, 0.05) is 12.6 Å². The lowest BCUT2D eigenvalue weighted by Crippen LogP contribution is -2.48. The lowest BCUT2D eigenvalue weighted by atomic mass is 9.91. The summed E-state index contributed by atoms with van der Waals surface area (Å²) in [5.41, 5.74) is 0.186. The van der Waals surface area contributed by atoms with Gasteiger partial charge < -0.3 is 4.74 Å². The summed E-state index contributed by atoms with van der Waals surface area (Å²) in [6.45, 7) is 9.55. The first-order chi connectivity index (χ1) is 10.0. The third-order valence-electron chi connectivity index (χ3n) is 3.49. The van der Waals surface area contributed by atoms with Crippen LogP contribution >= 0.6 is 0 Å². The Bertz CT molecular complexity index is 438. The van der Waals surface area contributed by atoms with Crippen molar-refractivity contribution in [1.29, 1.82) is 5.26 Å². The number of hydrogen-bond acceptors (Lipinski definition) is 3. The lowest BCUT2D eigenvalue weighted by molar-refractivity contribution is 0.0617. The second-order valence-corrected chi connectivity index (χ2v) is 6.09. The quantitative estimate of drug-likeness (QED) is 0.750. The molecule has 3 heteroatoms. The molecular weight excluding hydrogens is 260 g/mol. The molecule has 0 amide bonds. The molecule has 0 saturated carbocycles.